The minimum Gasteiger partial charge on any atom is -0.484 e. The largest absolute Gasteiger partial charge is 0.484 e. The summed E-state index contributed by atoms with van der Waals surface area (Å²) in [6.07, 6.45) is 1.73. The van der Waals surface area contributed by atoms with Gasteiger partial charge in [0.1, 0.15) is 12.3 Å². The zero-order valence-electron chi connectivity index (χ0n) is 9.14. The van der Waals surface area contributed by atoms with Crippen LogP contribution in [0.1, 0.15) is 11.3 Å². The van der Waals surface area contributed by atoms with Gasteiger partial charge in [0, 0.05) is 7.05 Å². The summed E-state index contributed by atoms with van der Waals surface area (Å²) >= 11 is 0. The van der Waals surface area contributed by atoms with Crippen molar-refractivity contribution in [2.75, 3.05) is 0 Å². The summed E-state index contributed by atoms with van der Waals surface area (Å²) in [6, 6.07) is 5.05. The van der Waals surface area contributed by atoms with E-state index < -0.39 is 0 Å². The molecular formula is C11H12FN3O. The number of hydrogen-bond acceptors (Lipinski definition) is 3. The fourth-order valence-electron chi connectivity index (χ4n) is 1.35. The van der Waals surface area contributed by atoms with Gasteiger partial charge in [-0.2, -0.15) is 0 Å². The predicted molar refractivity (Wildman–Crippen MR) is 56.5 cm³/mol. The Kier molecular flexibility index (Phi) is 2.85. The smallest absolute Gasteiger partial charge is 0.167 e. The number of aromatic nitrogens is 3. The Morgan fingerprint density at radius 2 is 2.25 bits per heavy atom. The lowest BCUT2D eigenvalue weighted by atomic mass is 10.2. The average molecular weight is 221 g/mol. The van der Waals surface area contributed by atoms with Crippen molar-refractivity contribution in [1.82, 2.24) is 15.0 Å². The van der Waals surface area contributed by atoms with Crippen LogP contribution >= 0.6 is 0 Å². The van der Waals surface area contributed by atoms with Gasteiger partial charge in [-0.3, -0.25) is 4.68 Å². The zero-order valence-corrected chi connectivity index (χ0v) is 9.14. The summed E-state index contributed by atoms with van der Waals surface area (Å²) in [7, 11) is 1.77. The third-order valence-electron chi connectivity index (χ3n) is 2.18. The molecule has 0 amide bonds. The Balaban J connectivity index is 2.07. The van der Waals surface area contributed by atoms with E-state index in [4.69, 9.17) is 4.74 Å². The molecular weight excluding hydrogens is 209 g/mol. The van der Waals surface area contributed by atoms with Crippen molar-refractivity contribution in [3.63, 3.8) is 0 Å². The number of rotatable bonds is 3. The van der Waals surface area contributed by atoms with Crippen LogP contribution in [0.4, 0.5) is 4.39 Å². The van der Waals surface area contributed by atoms with Gasteiger partial charge in [-0.25, -0.2) is 4.39 Å². The molecule has 0 N–H and O–H groups in total. The molecule has 0 saturated heterocycles. The maximum Gasteiger partial charge on any atom is 0.167 e. The molecule has 4 nitrogen and oxygen atoms in total. The van der Waals surface area contributed by atoms with E-state index in [1.165, 1.54) is 0 Å². The maximum absolute atomic E-state index is 13.5. The lowest BCUT2D eigenvalue weighted by Crippen LogP contribution is -1.98. The molecule has 0 atom stereocenters. The standard InChI is InChI=1S/C11H12FN3O/c1-8-4-3-5-10(11(8)12)16-7-9-6-15(2)14-13-9/h3-6H,7H2,1-2H3. The van der Waals surface area contributed by atoms with E-state index in [-0.39, 0.29) is 18.2 Å². The molecule has 16 heavy (non-hydrogen) atoms. The first kappa shape index (κ1) is 10.6. The molecule has 0 fully saturated rings. The molecule has 0 unspecified atom stereocenters. The van der Waals surface area contributed by atoms with Crippen LogP contribution in [0.25, 0.3) is 0 Å². The highest BCUT2D eigenvalue weighted by Gasteiger charge is 2.06. The van der Waals surface area contributed by atoms with Gasteiger partial charge in [-0.15, -0.1) is 5.10 Å². The molecule has 0 spiro atoms. The number of nitrogens with zero attached hydrogens (tertiary/aromatic N) is 3. The summed E-state index contributed by atoms with van der Waals surface area (Å²) in [4.78, 5) is 0. The summed E-state index contributed by atoms with van der Waals surface area (Å²) in [5.41, 5.74) is 1.24. The van der Waals surface area contributed by atoms with Gasteiger partial charge in [0.2, 0.25) is 0 Å². The minimum atomic E-state index is -0.327. The summed E-state index contributed by atoms with van der Waals surface area (Å²) < 4.78 is 20.4. The van der Waals surface area contributed by atoms with Crippen molar-refractivity contribution in [2.45, 2.75) is 13.5 Å². The fraction of sp³-hybridized carbons (Fsp3) is 0.273. The van der Waals surface area contributed by atoms with Crippen molar-refractivity contribution in [1.29, 1.82) is 0 Å². The van der Waals surface area contributed by atoms with Gasteiger partial charge < -0.3 is 4.74 Å². The zero-order chi connectivity index (χ0) is 11.5. The molecule has 5 heteroatoms. The average Bonchev–Trinajstić information content (AvgIpc) is 2.67. The molecule has 1 heterocycles. The van der Waals surface area contributed by atoms with Gasteiger partial charge in [0.15, 0.2) is 11.6 Å². The maximum atomic E-state index is 13.5. The highest BCUT2D eigenvalue weighted by molar-refractivity contribution is 5.30. The van der Waals surface area contributed by atoms with Crippen molar-refractivity contribution < 1.29 is 9.13 Å². The van der Waals surface area contributed by atoms with Crippen molar-refractivity contribution in [2.24, 2.45) is 7.05 Å². The van der Waals surface area contributed by atoms with E-state index in [1.54, 1.807) is 43.0 Å². The Hall–Kier alpha value is -1.91. The summed E-state index contributed by atoms with van der Waals surface area (Å²) in [5.74, 6) is -0.0861. The molecule has 84 valence electrons. The lowest BCUT2D eigenvalue weighted by molar-refractivity contribution is 0.285. The van der Waals surface area contributed by atoms with E-state index in [0.29, 0.717) is 11.3 Å². The number of hydrogen-bond donors (Lipinski definition) is 0. The molecule has 2 aromatic rings. The van der Waals surface area contributed by atoms with Crippen LogP contribution < -0.4 is 4.74 Å². The molecule has 0 saturated carbocycles. The Labute approximate surface area is 92.7 Å². The van der Waals surface area contributed by atoms with Gasteiger partial charge in [0.25, 0.3) is 0 Å². The topological polar surface area (TPSA) is 39.9 Å². The van der Waals surface area contributed by atoms with Gasteiger partial charge in [-0.05, 0) is 18.6 Å². The second kappa shape index (κ2) is 4.30. The van der Waals surface area contributed by atoms with Gasteiger partial charge >= 0.3 is 0 Å². The lowest BCUT2D eigenvalue weighted by Gasteiger charge is -2.06. The first-order chi connectivity index (χ1) is 7.66. The van der Waals surface area contributed by atoms with Gasteiger partial charge in [-0.1, -0.05) is 17.3 Å². The van der Waals surface area contributed by atoms with Crippen LogP contribution in [0.2, 0.25) is 0 Å². The van der Waals surface area contributed by atoms with E-state index in [9.17, 15) is 4.39 Å². The second-order valence-electron chi connectivity index (χ2n) is 3.56. The van der Waals surface area contributed by atoms with Crippen LogP contribution in [0.5, 0.6) is 5.75 Å². The molecule has 0 aliphatic heterocycles. The fourth-order valence-corrected chi connectivity index (χ4v) is 1.35. The summed E-state index contributed by atoms with van der Waals surface area (Å²) in [6.45, 7) is 1.92. The third-order valence-corrected chi connectivity index (χ3v) is 2.18. The van der Waals surface area contributed by atoms with E-state index in [0.717, 1.165) is 0 Å². The van der Waals surface area contributed by atoms with Crippen LogP contribution in [-0.2, 0) is 13.7 Å². The molecule has 1 aromatic heterocycles. The first-order valence-electron chi connectivity index (χ1n) is 4.90. The normalized spacial score (nSPS) is 10.4. The summed E-state index contributed by atoms with van der Waals surface area (Å²) in [5, 5.41) is 7.61. The first-order valence-corrected chi connectivity index (χ1v) is 4.90. The molecule has 1 aromatic carbocycles. The molecule has 2 rings (SSSR count). The van der Waals surface area contributed by atoms with E-state index in [1.807, 2.05) is 0 Å². The van der Waals surface area contributed by atoms with Crippen molar-refractivity contribution in [3.05, 3.63) is 41.5 Å². The quantitative estimate of drug-likeness (QED) is 0.794. The number of benzene rings is 1. The van der Waals surface area contributed by atoms with E-state index in [2.05, 4.69) is 10.3 Å². The SMILES string of the molecule is Cc1cccc(OCc2cn(C)nn2)c1F. The molecule has 0 aliphatic carbocycles. The van der Waals surface area contributed by atoms with Crippen LogP contribution in [0, 0.1) is 12.7 Å². The van der Waals surface area contributed by atoms with Gasteiger partial charge in [0.05, 0.1) is 6.20 Å². The number of aryl methyl sites for hydroxylation is 2. The number of halogens is 1. The third kappa shape index (κ3) is 2.18. The van der Waals surface area contributed by atoms with Crippen LogP contribution in [0.15, 0.2) is 24.4 Å². The second-order valence-corrected chi connectivity index (χ2v) is 3.56. The monoisotopic (exact) mass is 221 g/mol. The highest BCUT2D eigenvalue weighted by Crippen LogP contribution is 2.20. The van der Waals surface area contributed by atoms with Crippen LogP contribution in [0.3, 0.4) is 0 Å². The molecule has 0 radical (unpaired) electrons. The Morgan fingerprint density at radius 3 is 2.94 bits per heavy atom. The van der Waals surface area contributed by atoms with E-state index >= 15 is 0 Å². The minimum absolute atomic E-state index is 0.216. The van der Waals surface area contributed by atoms with Crippen molar-refractivity contribution in [3.8, 4) is 5.75 Å². The number of ether oxygens (including phenoxy) is 1. The predicted octanol–water partition coefficient (Wildman–Crippen LogP) is 1.84. The Morgan fingerprint density at radius 1 is 1.44 bits per heavy atom. The molecule has 0 aliphatic rings. The van der Waals surface area contributed by atoms with Crippen molar-refractivity contribution >= 4 is 0 Å². The van der Waals surface area contributed by atoms with Crippen LogP contribution in [-0.4, -0.2) is 15.0 Å². The Bertz CT molecular complexity index is 496. The molecule has 0 bridgehead atoms. The highest BCUT2D eigenvalue weighted by atomic mass is 19.1.